The van der Waals surface area contributed by atoms with Gasteiger partial charge in [-0.3, -0.25) is 4.79 Å². The number of methoxy groups -OCH3 is 1. The van der Waals surface area contributed by atoms with Gasteiger partial charge in [0.2, 0.25) is 5.91 Å². The van der Waals surface area contributed by atoms with Crippen LogP contribution in [0.3, 0.4) is 0 Å². The zero-order chi connectivity index (χ0) is 15.5. The summed E-state index contributed by atoms with van der Waals surface area (Å²) in [4.78, 5) is 23.0. The molecule has 0 N–H and O–H groups in total. The Morgan fingerprint density at radius 3 is 3.09 bits per heavy atom. The molecule has 3 rings (SSSR count). The van der Waals surface area contributed by atoms with Crippen LogP contribution in [0.5, 0.6) is 5.75 Å². The molecule has 0 radical (unpaired) electrons. The quantitative estimate of drug-likeness (QED) is 0.868. The minimum absolute atomic E-state index is 0.125. The van der Waals surface area contributed by atoms with Crippen molar-refractivity contribution in [2.24, 2.45) is 0 Å². The van der Waals surface area contributed by atoms with Gasteiger partial charge in [0.25, 0.3) is 0 Å². The van der Waals surface area contributed by atoms with Crippen LogP contribution in [0.4, 0.5) is 0 Å². The van der Waals surface area contributed by atoms with Crippen molar-refractivity contribution in [1.82, 2.24) is 14.9 Å². The average Bonchev–Trinajstić information content (AvgIpc) is 2.54. The number of ether oxygens (including phenoxy) is 1. The molecule has 22 heavy (non-hydrogen) atoms. The van der Waals surface area contributed by atoms with E-state index in [1.165, 1.54) is 0 Å². The van der Waals surface area contributed by atoms with E-state index in [0.29, 0.717) is 19.5 Å². The van der Waals surface area contributed by atoms with E-state index in [-0.39, 0.29) is 5.91 Å². The molecule has 2 heterocycles. The molecule has 0 spiro atoms. The van der Waals surface area contributed by atoms with Gasteiger partial charge in [-0.25, -0.2) is 9.97 Å². The Balaban J connectivity index is 1.69. The van der Waals surface area contributed by atoms with Crippen molar-refractivity contribution >= 4 is 5.91 Å². The minimum Gasteiger partial charge on any atom is -0.497 e. The summed E-state index contributed by atoms with van der Waals surface area (Å²) >= 11 is 0. The SMILES string of the molecule is COc1cccc(CC(=O)N2CCc3nc(C)ncc3C2)c1. The second-order valence-electron chi connectivity index (χ2n) is 5.48. The molecule has 1 amide bonds. The Morgan fingerprint density at radius 1 is 1.41 bits per heavy atom. The van der Waals surface area contributed by atoms with Crippen LogP contribution in [-0.2, 0) is 24.2 Å². The van der Waals surface area contributed by atoms with Gasteiger partial charge in [-0.2, -0.15) is 0 Å². The number of carbonyl (C=O) groups excluding carboxylic acids is 1. The molecule has 5 heteroatoms. The third-order valence-corrected chi connectivity index (χ3v) is 3.90. The van der Waals surface area contributed by atoms with Crippen LogP contribution >= 0.6 is 0 Å². The first-order valence-corrected chi connectivity index (χ1v) is 7.38. The number of fused-ring (bicyclic) bond motifs is 1. The highest BCUT2D eigenvalue weighted by Gasteiger charge is 2.22. The third kappa shape index (κ3) is 3.08. The van der Waals surface area contributed by atoms with E-state index >= 15 is 0 Å². The number of amides is 1. The lowest BCUT2D eigenvalue weighted by molar-refractivity contribution is -0.131. The van der Waals surface area contributed by atoms with Crippen molar-refractivity contribution in [3.05, 3.63) is 53.1 Å². The first-order chi connectivity index (χ1) is 10.7. The number of benzene rings is 1. The van der Waals surface area contributed by atoms with E-state index < -0.39 is 0 Å². The summed E-state index contributed by atoms with van der Waals surface area (Å²) in [6.07, 6.45) is 3.02. The van der Waals surface area contributed by atoms with E-state index in [1.54, 1.807) is 7.11 Å². The smallest absolute Gasteiger partial charge is 0.227 e. The van der Waals surface area contributed by atoms with Crippen LogP contribution in [0, 0.1) is 6.92 Å². The van der Waals surface area contributed by atoms with Gasteiger partial charge in [0.1, 0.15) is 11.6 Å². The summed E-state index contributed by atoms with van der Waals surface area (Å²) in [5, 5.41) is 0. The first kappa shape index (κ1) is 14.5. The van der Waals surface area contributed by atoms with Gasteiger partial charge >= 0.3 is 0 Å². The van der Waals surface area contributed by atoms with Gasteiger partial charge in [-0.15, -0.1) is 0 Å². The van der Waals surface area contributed by atoms with Gasteiger partial charge in [0, 0.05) is 31.3 Å². The van der Waals surface area contributed by atoms with Crippen LogP contribution in [0.25, 0.3) is 0 Å². The Hall–Kier alpha value is -2.43. The lowest BCUT2D eigenvalue weighted by atomic mass is 10.1. The van der Waals surface area contributed by atoms with Crippen molar-refractivity contribution in [2.75, 3.05) is 13.7 Å². The summed E-state index contributed by atoms with van der Waals surface area (Å²) in [5.41, 5.74) is 3.09. The number of hydrogen-bond donors (Lipinski definition) is 0. The Labute approximate surface area is 130 Å². The third-order valence-electron chi connectivity index (χ3n) is 3.90. The molecular formula is C17H19N3O2. The Morgan fingerprint density at radius 2 is 2.27 bits per heavy atom. The van der Waals surface area contributed by atoms with E-state index in [1.807, 2.05) is 42.3 Å². The highest BCUT2D eigenvalue weighted by atomic mass is 16.5. The molecule has 114 valence electrons. The van der Waals surface area contributed by atoms with Crippen LogP contribution < -0.4 is 4.74 Å². The van der Waals surface area contributed by atoms with Crippen LogP contribution in [0.1, 0.15) is 22.6 Å². The molecule has 0 atom stereocenters. The topological polar surface area (TPSA) is 55.3 Å². The number of nitrogens with zero attached hydrogens (tertiary/aromatic N) is 3. The summed E-state index contributed by atoms with van der Waals surface area (Å²) in [6, 6.07) is 7.64. The van der Waals surface area contributed by atoms with Gasteiger partial charge < -0.3 is 9.64 Å². The molecule has 1 aromatic heterocycles. The van der Waals surface area contributed by atoms with Crippen molar-refractivity contribution in [3.63, 3.8) is 0 Å². The molecule has 1 aliphatic heterocycles. The summed E-state index contributed by atoms with van der Waals surface area (Å²) in [7, 11) is 1.63. The molecule has 0 aliphatic carbocycles. The fourth-order valence-corrected chi connectivity index (χ4v) is 2.70. The molecule has 1 aromatic carbocycles. The second kappa shape index (κ2) is 6.13. The zero-order valence-electron chi connectivity index (χ0n) is 12.9. The van der Waals surface area contributed by atoms with Crippen molar-refractivity contribution in [2.45, 2.75) is 26.3 Å². The average molecular weight is 297 g/mol. The fraction of sp³-hybridized carbons (Fsp3) is 0.353. The molecule has 1 aliphatic rings. The molecular weight excluding hydrogens is 278 g/mol. The van der Waals surface area contributed by atoms with Gasteiger partial charge in [0.15, 0.2) is 0 Å². The lowest BCUT2D eigenvalue weighted by Crippen LogP contribution is -2.37. The molecule has 5 nitrogen and oxygen atoms in total. The van der Waals surface area contributed by atoms with Crippen LogP contribution in [-0.4, -0.2) is 34.4 Å². The largest absolute Gasteiger partial charge is 0.497 e. The van der Waals surface area contributed by atoms with Crippen LogP contribution in [0.2, 0.25) is 0 Å². The first-order valence-electron chi connectivity index (χ1n) is 7.38. The normalized spacial score (nSPS) is 13.6. The van der Waals surface area contributed by atoms with Gasteiger partial charge in [-0.05, 0) is 24.6 Å². The number of aryl methyl sites for hydroxylation is 1. The van der Waals surface area contributed by atoms with Crippen molar-refractivity contribution in [1.29, 1.82) is 0 Å². The lowest BCUT2D eigenvalue weighted by Gasteiger charge is -2.28. The molecule has 2 aromatic rings. The highest BCUT2D eigenvalue weighted by molar-refractivity contribution is 5.79. The highest BCUT2D eigenvalue weighted by Crippen LogP contribution is 2.18. The molecule has 0 saturated heterocycles. The number of aromatic nitrogens is 2. The number of hydrogen-bond acceptors (Lipinski definition) is 4. The summed E-state index contributed by atoms with van der Waals surface area (Å²) < 4.78 is 5.20. The Bertz CT molecular complexity index is 700. The standard InChI is InChI=1S/C17H19N3O2/c1-12-18-10-14-11-20(7-6-16(14)19-12)17(21)9-13-4-3-5-15(8-13)22-2/h3-5,8,10H,6-7,9,11H2,1-2H3. The minimum atomic E-state index is 0.125. The van der Waals surface area contributed by atoms with Gasteiger partial charge in [-0.1, -0.05) is 12.1 Å². The zero-order valence-corrected chi connectivity index (χ0v) is 12.9. The predicted octanol–water partition coefficient (Wildman–Crippen LogP) is 1.92. The van der Waals surface area contributed by atoms with E-state index in [2.05, 4.69) is 9.97 Å². The van der Waals surface area contributed by atoms with Gasteiger partial charge in [0.05, 0.1) is 19.2 Å². The number of rotatable bonds is 3. The monoisotopic (exact) mass is 297 g/mol. The van der Waals surface area contributed by atoms with E-state index in [4.69, 9.17) is 4.74 Å². The molecule has 0 fully saturated rings. The Kier molecular flexibility index (Phi) is 4.04. The maximum Gasteiger partial charge on any atom is 0.227 e. The van der Waals surface area contributed by atoms with E-state index in [0.717, 1.165) is 34.8 Å². The predicted molar refractivity (Wildman–Crippen MR) is 82.6 cm³/mol. The second-order valence-corrected chi connectivity index (χ2v) is 5.48. The summed E-state index contributed by atoms with van der Waals surface area (Å²) in [5.74, 6) is 1.69. The van der Waals surface area contributed by atoms with Crippen molar-refractivity contribution in [3.8, 4) is 5.75 Å². The molecule has 0 bridgehead atoms. The van der Waals surface area contributed by atoms with Crippen molar-refractivity contribution < 1.29 is 9.53 Å². The summed E-state index contributed by atoms with van der Waals surface area (Å²) in [6.45, 7) is 3.20. The van der Waals surface area contributed by atoms with Crippen LogP contribution in [0.15, 0.2) is 30.5 Å². The maximum absolute atomic E-state index is 12.5. The number of carbonyl (C=O) groups is 1. The molecule has 0 saturated carbocycles. The maximum atomic E-state index is 12.5. The fourth-order valence-electron chi connectivity index (χ4n) is 2.70. The van der Waals surface area contributed by atoms with E-state index in [9.17, 15) is 4.79 Å². The molecule has 0 unspecified atom stereocenters.